The highest BCUT2D eigenvalue weighted by Crippen LogP contribution is 2.37. The van der Waals surface area contributed by atoms with Gasteiger partial charge in [0, 0.05) is 23.8 Å². The largest absolute Gasteiger partial charge is 0.507 e. The Bertz CT molecular complexity index is 1140. The molecule has 27 heavy (non-hydrogen) atoms. The lowest BCUT2D eigenvalue weighted by atomic mass is 10.1. The number of ether oxygens (including phenoxy) is 1. The Kier molecular flexibility index (Phi) is 4.47. The Morgan fingerprint density at radius 1 is 1.11 bits per heavy atom. The molecule has 8 heteroatoms. The average molecular weight is 370 g/mol. The summed E-state index contributed by atoms with van der Waals surface area (Å²) in [6.45, 7) is 0. The van der Waals surface area contributed by atoms with Gasteiger partial charge in [-0.3, -0.25) is 4.79 Å². The summed E-state index contributed by atoms with van der Waals surface area (Å²) in [4.78, 5) is 23.1. The van der Waals surface area contributed by atoms with Crippen LogP contribution in [-0.4, -0.2) is 33.5 Å². The van der Waals surface area contributed by atoms with Gasteiger partial charge < -0.3 is 29.6 Å². The zero-order valence-electron chi connectivity index (χ0n) is 14.0. The molecule has 0 aliphatic carbocycles. The fourth-order valence-corrected chi connectivity index (χ4v) is 2.61. The van der Waals surface area contributed by atoms with Gasteiger partial charge in [-0.1, -0.05) is 0 Å². The second-order valence-corrected chi connectivity index (χ2v) is 5.56. The molecule has 0 radical (unpaired) electrons. The van der Waals surface area contributed by atoms with E-state index in [4.69, 9.17) is 14.3 Å². The van der Waals surface area contributed by atoms with E-state index in [-0.39, 0.29) is 33.8 Å². The van der Waals surface area contributed by atoms with Crippen LogP contribution in [0.25, 0.3) is 28.4 Å². The zero-order chi connectivity index (χ0) is 19.7. The van der Waals surface area contributed by atoms with E-state index < -0.39 is 22.9 Å². The van der Waals surface area contributed by atoms with Gasteiger partial charge in [0.25, 0.3) is 0 Å². The molecule has 0 fully saturated rings. The van der Waals surface area contributed by atoms with Crippen LogP contribution in [0.5, 0.6) is 23.0 Å². The first-order valence-corrected chi connectivity index (χ1v) is 7.63. The summed E-state index contributed by atoms with van der Waals surface area (Å²) >= 11 is 0. The maximum absolute atomic E-state index is 12.5. The van der Waals surface area contributed by atoms with Gasteiger partial charge in [0.05, 0.1) is 12.7 Å². The van der Waals surface area contributed by atoms with Crippen LogP contribution in [0, 0.1) is 0 Å². The molecule has 3 rings (SSSR count). The SMILES string of the molecule is COc1ccc(-c2cc(=O)c3c(O)c(C=CC(=O)O)c(O)cc3o2)cc1O. The summed E-state index contributed by atoms with van der Waals surface area (Å²) < 4.78 is 10.5. The third kappa shape index (κ3) is 3.28. The van der Waals surface area contributed by atoms with Crippen LogP contribution < -0.4 is 10.2 Å². The van der Waals surface area contributed by atoms with Crippen LogP contribution in [0.3, 0.4) is 0 Å². The quantitative estimate of drug-likeness (QED) is 0.514. The average Bonchev–Trinajstić information content (AvgIpc) is 2.60. The van der Waals surface area contributed by atoms with Crippen molar-refractivity contribution in [2.24, 2.45) is 0 Å². The molecule has 0 bridgehead atoms. The number of methoxy groups -OCH3 is 1. The van der Waals surface area contributed by atoms with E-state index in [2.05, 4.69) is 0 Å². The van der Waals surface area contributed by atoms with Crippen LogP contribution in [0.15, 0.2) is 45.6 Å². The number of hydrogen-bond acceptors (Lipinski definition) is 7. The van der Waals surface area contributed by atoms with E-state index >= 15 is 0 Å². The second kappa shape index (κ2) is 6.75. The Morgan fingerprint density at radius 3 is 2.48 bits per heavy atom. The number of benzene rings is 2. The molecule has 0 amide bonds. The topological polar surface area (TPSA) is 137 Å². The molecule has 8 nitrogen and oxygen atoms in total. The van der Waals surface area contributed by atoms with E-state index in [0.717, 1.165) is 24.3 Å². The second-order valence-electron chi connectivity index (χ2n) is 5.56. The first-order chi connectivity index (χ1) is 12.8. The number of fused-ring (bicyclic) bond motifs is 1. The molecule has 0 unspecified atom stereocenters. The number of phenols is 3. The Balaban J connectivity index is 2.21. The van der Waals surface area contributed by atoms with Gasteiger partial charge in [-0.2, -0.15) is 0 Å². The number of carboxylic acid groups (broad SMARTS) is 1. The summed E-state index contributed by atoms with van der Waals surface area (Å²) in [6, 6.07) is 6.61. The van der Waals surface area contributed by atoms with Crippen molar-refractivity contribution in [2.75, 3.05) is 7.11 Å². The molecule has 3 aromatic rings. The first kappa shape index (κ1) is 17.9. The molecule has 0 spiro atoms. The van der Waals surface area contributed by atoms with Crippen molar-refractivity contribution in [3.05, 3.63) is 52.2 Å². The standard InChI is InChI=1S/C19H14O8/c1-26-14-4-2-9(6-12(14)21)15-8-13(22)18-16(27-15)7-11(20)10(19(18)25)3-5-17(23)24/h2-8,20-21,25H,1H3,(H,23,24). The van der Waals surface area contributed by atoms with E-state index in [0.29, 0.717) is 5.56 Å². The highest BCUT2D eigenvalue weighted by Gasteiger charge is 2.17. The molecule has 0 atom stereocenters. The van der Waals surface area contributed by atoms with Crippen LogP contribution in [-0.2, 0) is 4.79 Å². The van der Waals surface area contributed by atoms with Gasteiger partial charge in [-0.25, -0.2) is 4.79 Å². The maximum Gasteiger partial charge on any atom is 0.328 e. The van der Waals surface area contributed by atoms with Gasteiger partial charge in [0.2, 0.25) is 0 Å². The van der Waals surface area contributed by atoms with Gasteiger partial charge in [0.15, 0.2) is 16.9 Å². The van der Waals surface area contributed by atoms with Crippen molar-refractivity contribution in [3.63, 3.8) is 0 Å². The smallest absolute Gasteiger partial charge is 0.328 e. The van der Waals surface area contributed by atoms with Gasteiger partial charge in [-0.15, -0.1) is 0 Å². The van der Waals surface area contributed by atoms with E-state index in [9.17, 15) is 24.9 Å². The monoisotopic (exact) mass is 370 g/mol. The summed E-state index contributed by atoms with van der Waals surface area (Å²) in [5, 5.41) is 38.7. The first-order valence-electron chi connectivity index (χ1n) is 7.63. The number of aromatic hydroxyl groups is 3. The maximum atomic E-state index is 12.5. The molecule has 0 aliphatic heterocycles. The van der Waals surface area contributed by atoms with Crippen LogP contribution in [0.2, 0.25) is 0 Å². The third-order valence-electron chi connectivity index (χ3n) is 3.87. The fourth-order valence-electron chi connectivity index (χ4n) is 2.61. The van der Waals surface area contributed by atoms with E-state index in [1.807, 2.05) is 0 Å². The molecular formula is C19H14O8. The molecule has 0 saturated heterocycles. The highest BCUT2D eigenvalue weighted by atomic mass is 16.5. The molecular weight excluding hydrogens is 356 g/mol. The summed E-state index contributed by atoms with van der Waals surface area (Å²) in [6.07, 6.45) is 1.69. The minimum atomic E-state index is -1.28. The normalized spacial score (nSPS) is 11.1. The summed E-state index contributed by atoms with van der Waals surface area (Å²) in [5.74, 6) is -2.16. The molecule has 1 aromatic heterocycles. The summed E-state index contributed by atoms with van der Waals surface area (Å²) in [5.41, 5.74) is -0.549. The lowest BCUT2D eigenvalue weighted by Crippen LogP contribution is -2.02. The summed E-state index contributed by atoms with van der Waals surface area (Å²) in [7, 11) is 1.40. The van der Waals surface area contributed by atoms with Crippen molar-refractivity contribution in [2.45, 2.75) is 0 Å². The minimum Gasteiger partial charge on any atom is -0.507 e. The van der Waals surface area contributed by atoms with Crippen molar-refractivity contribution in [3.8, 4) is 34.3 Å². The van der Waals surface area contributed by atoms with Crippen molar-refractivity contribution < 1.29 is 34.4 Å². The van der Waals surface area contributed by atoms with Crippen molar-refractivity contribution in [1.82, 2.24) is 0 Å². The minimum absolute atomic E-state index is 0.0954. The number of aliphatic carboxylic acids is 1. The van der Waals surface area contributed by atoms with Crippen molar-refractivity contribution in [1.29, 1.82) is 0 Å². The van der Waals surface area contributed by atoms with Gasteiger partial charge in [0.1, 0.15) is 28.2 Å². The third-order valence-corrected chi connectivity index (χ3v) is 3.87. The lowest BCUT2D eigenvalue weighted by Gasteiger charge is -2.09. The molecule has 4 N–H and O–H groups in total. The predicted molar refractivity (Wildman–Crippen MR) is 96.1 cm³/mol. The molecule has 0 saturated carbocycles. The molecule has 2 aromatic carbocycles. The molecule has 0 aliphatic rings. The zero-order valence-corrected chi connectivity index (χ0v) is 14.0. The van der Waals surface area contributed by atoms with Gasteiger partial charge >= 0.3 is 5.97 Å². The Morgan fingerprint density at radius 2 is 1.85 bits per heavy atom. The molecule has 138 valence electrons. The van der Waals surface area contributed by atoms with Crippen LogP contribution in [0.1, 0.15) is 5.56 Å². The van der Waals surface area contributed by atoms with Crippen molar-refractivity contribution >= 4 is 23.0 Å². The van der Waals surface area contributed by atoms with E-state index in [1.165, 1.54) is 19.2 Å². The Labute approximate surface area is 151 Å². The van der Waals surface area contributed by atoms with Crippen LogP contribution >= 0.6 is 0 Å². The number of phenolic OH excluding ortho intramolecular Hbond substituents is 3. The Hall–Kier alpha value is -3.94. The number of carboxylic acids is 1. The number of rotatable bonds is 4. The van der Waals surface area contributed by atoms with Gasteiger partial charge in [-0.05, 0) is 24.3 Å². The molecule has 1 heterocycles. The van der Waals surface area contributed by atoms with Crippen LogP contribution in [0.4, 0.5) is 0 Å². The predicted octanol–water partition coefficient (Wildman–Crippen LogP) is 2.68. The fraction of sp³-hybridized carbons (Fsp3) is 0.0526. The lowest BCUT2D eigenvalue weighted by molar-refractivity contribution is -0.131. The number of hydrogen-bond donors (Lipinski definition) is 4. The van der Waals surface area contributed by atoms with E-state index in [1.54, 1.807) is 6.07 Å². The number of carbonyl (C=O) groups is 1. The highest BCUT2D eigenvalue weighted by molar-refractivity contribution is 5.93.